The van der Waals surface area contributed by atoms with Gasteiger partial charge in [-0.25, -0.2) is 0 Å². The van der Waals surface area contributed by atoms with E-state index in [0.29, 0.717) is 5.41 Å². The molecule has 1 atom stereocenters. The van der Waals surface area contributed by atoms with Gasteiger partial charge in [0.2, 0.25) is 0 Å². The van der Waals surface area contributed by atoms with E-state index in [2.05, 4.69) is 42.9 Å². The fraction of sp³-hybridized carbons (Fsp3) is 0.692. The van der Waals surface area contributed by atoms with Crippen LogP contribution in [0.4, 0.5) is 0 Å². The summed E-state index contributed by atoms with van der Waals surface area (Å²) in [5.41, 5.74) is 1.74. The van der Waals surface area contributed by atoms with Gasteiger partial charge in [0, 0.05) is 11.9 Å². The molecule has 1 heterocycles. The van der Waals surface area contributed by atoms with Gasteiger partial charge in [-0.2, -0.15) is 11.3 Å². The standard InChI is InChI=1S/C13H22ClNS/c1-13(2,3)8-12(14)9-15-6-4-11-5-7-16-10-11/h5,7,10,12,15H,4,6,8-9H2,1-3H3. The summed E-state index contributed by atoms with van der Waals surface area (Å²) in [6, 6.07) is 2.18. The Morgan fingerprint density at radius 2 is 2.19 bits per heavy atom. The maximum atomic E-state index is 6.27. The van der Waals surface area contributed by atoms with Crippen LogP contribution in [0.5, 0.6) is 0 Å². The van der Waals surface area contributed by atoms with Gasteiger partial charge in [-0.05, 0) is 47.2 Å². The molecule has 0 saturated carbocycles. The summed E-state index contributed by atoms with van der Waals surface area (Å²) in [4.78, 5) is 0. The first-order chi connectivity index (χ1) is 7.47. The van der Waals surface area contributed by atoms with Gasteiger partial charge in [0.25, 0.3) is 0 Å². The second kappa shape index (κ2) is 6.63. The Hall–Kier alpha value is -0.0500. The largest absolute Gasteiger partial charge is 0.315 e. The third-order valence-electron chi connectivity index (χ3n) is 2.37. The van der Waals surface area contributed by atoms with E-state index in [9.17, 15) is 0 Å². The lowest BCUT2D eigenvalue weighted by molar-refractivity contribution is 0.365. The monoisotopic (exact) mass is 259 g/mol. The van der Waals surface area contributed by atoms with Gasteiger partial charge in [-0.1, -0.05) is 20.8 Å². The van der Waals surface area contributed by atoms with Crippen LogP contribution >= 0.6 is 22.9 Å². The lowest BCUT2D eigenvalue weighted by atomic mass is 9.90. The fourth-order valence-corrected chi connectivity index (χ4v) is 2.94. The van der Waals surface area contributed by atoms with Crippen molar-refractivity contribution in [2.45, 2.75) is 39.0 Å². The molecular weight excluding hydrogens is 238 g/mol. The molecule has 0 aromatic carbocycles. The van der Waals surface area contributed by atoms with Crippen LogP contribution in [0.15, 0.2) is 16.8 Å². The van der Waals surface area contributed by atoms with Crippen molar-refractivity contribution < 1.29 is 0 Å². The van der Waals surface area contributed by atoms with E-state index in [0.717, 1.165) is 25.9 Å². The van der Waals surface area contributed by atoms with Crippen LogP contribution < -0.4 is 5.32 Å². The number of hydrogen-bond donors (Lipinski definition) is 1. The zero-order valence-electron chi connectivity index (χ0n) is 10.4. The van der Waals surface area contributed by atoms with Crippen LogP contribution in [0.1, 0.15) is 32.8 Å². The second-order valence-electron chi connectivity index (χ2n) is 5.45. The summed E-state index contributed by atoms with van der Waals surface area (Å²) < 4.78 is 0. The van der Waals surface area contributed by atoms with E-state index in [1.165, 1.54) is 5.56 Å². The van der Waals surface area contributed by atoms with Crippen LogP contribution in [0.25, 0.3) is 0 Å². The maximum absolute atomic E-state index is 6.27. The Kier molecular flexibility index (Phi) is 5.81. The van der Waals surface area contributed by atoms with Gasteiger partial charge >= 0.3 is 0 Å². The Morgan fingerprint density at radius 3 is 2.75 bits per heavy atom. The minimum atomic E-state index is 0.238. The smallest absolute Gasteiger partial charge is 0.0465 e. The van der Waals surface area contributed by atoms with Crippen molar-refractivity contribution in [3.05, 3.63) is 22.4 Å². The Morgan fingerprint density at radius 1 is 1.44 bits per heavy atom. The van der Waals surface area contributed by atoms with Crippen LogP contribution in [-0.4, -0.2) is 18.5 Å². The van der Waals surface area contributed by atoms with Crippen LogP contribution in [-0.2, 0) is 6.42 Å². The molecule has 0 aliphatic heterocycles. The molecule has 1 unspecified atom stereocenters. The van der Waals surface area contributed by atoms with E-state index in [1.807, 2.05) is 0 Å². The third-order valence-corrected chi connectivity index (χ3v) is 3.41. The highest BCUT2D eigenvalue weighted by atomic mass is 35.5. The number of nitrogens with one attached hydrogen (secondary N) is 1. The molecule has 0 radical (unpaired) electrons. The first-order valence-electron chi connectivity index (χ1n) is 5.83. The normalized spacial score (nSPS) is 14.0. The molecule has 1 aromatic rings. The molecular formula is C13H22ClNS. The number of hydrogen-bond acceptors (Lipinski definition) is 2. The van der Waals surface area contributed by atoms with Crippen LogP contribution in [0.2, 0.25) is 0 Å². The number of thiophene rings is 1. The van der Waals surface area contributed by atoms with Gasteiger partial charge in [-0.15, -0.1) is 11.6 Å². The van der Waals surface area contributed by atoms with Crippen molar-refractivity contribution in [3.8, 4) is 0 Å². The first kappa shape index (κ1) is 14.0. The molecule has 1 rings (SSSR count). The highest BCUT2D eigenvalue weighted by Gasteiger charge is 2.16. The zero-order chi connectivity index (χ0) is 12.0. The molecule has 0 aliphatic rings. The molecule has 1 aromatic heterocycles. The molecule has 0 spiro atoms. The van der Waals surface area contributed by atoms with E-state index in [4.69, 9.17) is 11.6 Å². The number of rotatable bonds is 6. The summed E-state index contributed by atoms with van der Waals surface area (Å²) in [6.45, 7) is 8.61. The molecule has 0 fully saturated rings. The molecule has 0 aliphatic carbocycles. The summed E-state index contributed by atoms with van der Waals surface area (Å²) >= 11 is 8.02. The number of alkyl halides is 1. The lowest BCUT2D eigenvalue weighted by Gasteiger charge is -2.22. The second-order valence-corrected chi connectivity index (χ2v) is 6.85. The van der Waals surface area contributed by atoms with E-state index < -0.39 is 0 Å². The molecule has 16 heavy (non-hydrogen) atoms. The van der Waals surface area contributed by atoms with Gasteiger partial charge in [0.05, 0.1) is 0 Å². The Labute approximate surface area is 108 Å². The predicted octanol–water partition coefficient (Wildman–Crippen LogP) is 3.92. The summed E-state index contributed by atoms with van der Waals surface area (Å²) in [7, 11) is 0. The topological polar surface area (TPSA) is 12.0 Å². The first-order valence-corrected chi connectivity index (χ1v) is 7.21. The average molecular weight is 260 g/mol. The van der Waals surface area contributed by atoms with Crippen molar-refractivity contribution >= 4 is 22.9 Å². The molecule has 0 amide bonds. The van der Waals surface area contributed by atoms with E-state index in [-0.39, 0.29) is 5.38 Å². The number of halogens is 1. The molecule has 0 bridgehead atoms. The minimum absolute atomic E-state index is 0.238. The van der Waals surface area contributed by atoms with Crippen molar-refractivity contribution in [1.82, 2.24) is 5.32 Å². The van der Waals surface area contributed by atoms with Gasteiger partial charge in [0.15, 0.2) is 0 Å². The Balaban J connectivity index is 2.07. The van der Waals surface area contributed by atoms with Gasteiger partial charge in [-0.3, -0.25) is 0 Å². The highest BCUT2D eigenvalue weighted by molar-refractivity contribution is 7.07. The molecule has 1 nitrogen and oxygen atoms in total. The lowest BCUT2D eigenvalue weighted by Crippen LogP contribution is -2.28. The summed E-state index contributed by atoms with van der Waals surface area (Å²) in [6.07, 6.45) is 2.16. The van der Waals surface area contributed by atoms with Crippen molar-refractivity contribution in [1.29, 1.82) is 0 Å². The third kappa shape index (κ3) is 6.51. The minimum Gasteiger partial charge on any atom is -0.315 e. The van der Waals surface area contributed by atoms with Gasteiger partial charge < -0.3 is 5.32 Å². The van der Waals surface area contributed by atoms with Crippen molar-refractivity contribution in [2.24, 2.45) is 5.41 Å². The summed E-state index contributed by atoms with van der Waals surface area (Å²) in [5.74, 6) is 0. The van der Waals surface area contributed by atoms with Crippen molar-refractivity contribution in [3.63, 3.8) is 0 Å². The highest BCUT2D eigenvalue weighted by Crippen LogP contribution is 2.23. The quantitative estimate of drug-likeness (QED) is 0.603. The van der Waals surface area contributed by atoms with Crippen LogP contribution in [0, 0.1) is 5.41 Å². The summed E-state index contributed by atoms with van der Waals surface area (Å²) in [5, 5.41) is 7.98. The molecule has 3 heteroatoms. The van der Waals surface area contributed by atoms with E-state index in [1.54, 1.807) is 11.3 Å². The fourth-order valence-electron chi connectivity index (χ4n) is 1.66. The predicted molar refractivity (Wildman–Crippen MR) is 74.6 cm³/mol. The zero-order valence-corrected chi connectivity index (χ0v) is 12.0. The van der Waals surface area contributed by atoms with E-state index >= 15 is 0 Å². The van der Waals surface area contributed by atoms with Crippen molar-refractivity contribution in [2.75, 3.05) is 13.1 Å². The Bertz CT molecular complexity index is 277. The maximum Gasteiger partial charge on any atom is 0.0465 e. The molecule has 1 N–H and O–H groups in total. The average Bonchev–Trinajstić information content (AvgIpc) is 2.62. The SMILES string of the molecule is CC(C)(C)CC(Cl)CNCCc1ccsc1. The molecule has 92 valence electrons. The molecule has 0 saturated heterocycles. The van der Waals surface area contributed by atoms with Gasteiger partial charge in [0.1, 0.15) is 0 Å². The van der Waals surface area contributed by atoms with Crippen LogP contribution in [0.3, 0.4) is 0 Å².